The molecule has 3 aromatic rings. The molecular formula is C18H14BrF3N2O3. The van der Waals surface area contributed by atoms with Crippen LogP contribution in [0.25, 0.3) is 10.9 Å². The van der Waals surface area contributed by atoms with Gasteiger partial charge in [0, 0.05) is 33.8 Å². The number of aromatic amines is 1. The molecule has 0 aliphatic heterocycles. The molecule has 0 fully saturated rings. The minimum Gasteiger partial charge on any atom is -0.478 e. The quantitative estimate of drug-likeness (QED) is 0.491. The fourth-order valence-corrected chi connectivity index (χ4v) is 3.11. The number of halogens is 4. The summed E-state index contributed by atoms with van der Waals surface area (Å²) in [6.07, 6.45) is -2.41. The molecule has 1 aromatic heterocycles. The van der Waals surface area contributed by atoms with Gasteiger partial charge in [0.05, 0.1) is 5.56 Å². The molecule has 0 spiro atoms. The second-order valence-electron chi connectivity index (χ2n) is 5.74. The molecule has 3 rings (SSSR count). The summed E-state index contributed by atoms with van der Waals surface area (Å²) < 4.78 is 41.6. The van der Waals surface area contributed by atoms with Crippen molar-refractivity contribution in [3.05, 3.63) is 58.2 Å². The topological polar surface area (TPSA) is 74.3 Å². The number of anilines is 1. The Kier molecular flexibility index (Phi) is 5.31. The van der Waals surface area contributed by atoms with E-state index in [1.807, 2.05) is 24.4 Å². The van der Waals surface area contributed by atoms with Gasteiger partial charge in [-0.3, -0.25) is 0 Å². The summed E-state index contributed by atoms with van der Waals surface area (Å²) in [5.74, 6) is -1.92. The number of hydrogen-bond donors (Lipinski definition) is 3. The van der Waals surface area contributed by atoms with Crippen molar-refractivity contribution >= 4 is 38.5 Å². The van der Waals surface area contributed by atoms with E-state index in [-0.39, 0.29) is 11.3 Å². The van der Waals surface area contributed by atoms with Crippen LogP contribution in [0.15, 0.2) is 47.1 Å². The molecule has 0 aliphatic rings. The van der Waals surface area contributed by atoms with Crippen LogP contribution in [0.3, 0.4) is 0 Å². The zero-order chi connectivity index (χ0) is 19.6. The van der Waals surface area contributed by atoms with Crippen LogP contribution in [0.5, 0.6) is 5.75 Å². The number of alkyl halides is 3. The van der Waals surface area contributed by atoms with Crippen molar-refractivity contribution in [2.45, 2.75) is 12.8 Å². The van der Waals surface area contributed by atoms with Crippen molar-refractivity contribution in [3.8, 4) is 5.75 Å². The molecule has 0 bridgehead atoms. The van der Waals surface area contributed by atoms with Crippen molar-refractivity contribution in [1.82, 2.24) is 4.98 Å². The van der Waals surface area contributed by atoms with Gasteiger partial charge in [-0.15, -0.1) is 13.2 Å². The maximum Gasteiger partial charge on any atom is 0.573 e. The number of hydrogen-bond acceptors (Lipinski definition) is 3. The van der Waals surface area contributed by atoms with Gasteiger partial charge >= 0.3 is 12.3 Å². The van der Waals surface area contributed by atoms with E-state index >= 15 is 0 Å². The minimum absolute atomic E-state index is 0.222. The zero-order valence-corrected chi connectivity index (χ0v) is 15.3. The molecule has 0 atom stereocenters. The van der Waals surface area contributed by atoms with E-state index in [0.717, 1.165) is 33.1 Å². The SMILES string of the molecule is O=C(O)c1cc(OC(F)(F)F)ccc1NCCc1c[nH]c2cc(Br)ccc12. The Morgan fingerprint density at radius 1 is 1.22 bits per heavy atom. The fraction of sp³-hybridized carbons (Fsp3) is 0.167. The van der Waals surface area contributed by atoms with Crippen LogP contribution >= 0.6 is 15.9 Å². The van der Waals surface area contributed by atoms with Crippen LogP contribution in [-0.4, -0.2) is 29.0 Å². The van der Waals surface area contributed by atoms with Crippen LogP contribution in [0.1, 0.15) is 15.9 Å². The summed E-state index contributed by atoms with van der Waals surface area (Å²) in [7, 11) is 0. The number of fused-ring (bicyclic) bond motifs is 1. The first-order valence-corrected chi connectivity index (χ1v) is 8.65. The molecule has 0 saturated carbocycles. The average Bonchev–Trinajstić information content (AvgIpc) is 2.96. The Morgan fingerprint density at radius 3 is 2.70 bits per heavy atom. The predicted molar refractivity (Wildman–Crippen MR) is 98.3 cm³/mol. The van der Waals surface area contributed by atoms with Gasteiger partial charge in [0.15, 0.2) is 0 Å². The highest BCUT2D eigenvalue weighted by Gasteiger charge is 2.31. The summed E-state index contributed by atoms with van der Waals surface area (Å²) in [5.41, 5.74) is 1.94. The number of rotatable bonds is 6. The zero-order valence-electron chi connectivity index (χ0n) is 13.7. The molecule has 0 amide bonds. The van der Waals surface area contributed by atoms with E-state index in [4.69, 9.17) is 0 Å². The first-order valence-electron chi connectivity index (χ1n) is 7.85. The van der Waals surface area contributed by atoms with Gasteiger partial charge in [-0.25, -0.2) is 4.79 Å². The lowest BCUT2D eigenvalue weighted by molar-refractivity contribution is -0.274. The van der Waals surface area contributed by atoms with E-state index in [2.05, 4.69) is 31.0 Å². The third-order valence-electron chi connectivity index (χ3n) is 3.89. The average molecular weight is 443 g/mol. The summed E-state index contributed by atoms with van der Waals surface area (Å²) >= 11 is 3.40. The molecule has 1 heterocycles. The van der Waals surface area contributed by atoms with Gasteiger partial charge in [-0.2, -0.15) is 0 Å². The smallest absolute Gasteiger partial charge is 0.478 e. The van der Waals surface area contributed by atoms with Gasteiger partial charge in [0.1, 0.15) is 5.75 Å². The Morgan fingerprint density at radius 2 is 2.00 bits per heavy atom. The molecule has 0 unspecified atom stereocenters. The highest BCUT2D eigenvalue weighted by molar-refractivity contribution is 9.10. The number of H-pyrrole nitrogens is 1. The number of aromatic nitrogens is 1. The molecule has 0 aliphatic carbocycles. The van der Waals surface area contributed by atoms with Crippen LogP contribution in [0.2, 0.25) is 0 Å². The number of carboxylic acid groups (broad SMARTS) is 1. The molecule has 2 aromatic carbocycles. The van der Waals surface area contributed by atoms with Gasteiger partial charge in [-0.1, -0.05) is 22.0 Å². The fourth-order valence-electron chi connectivity index (χ4n) is 2.75. The molecule has 0 radical (unpaired) electrons. The molecule has 9 heteroatoms. The van der Waals surface area contributed by atoms with Gasteiger partial charge in [0.2, 0.25) is 0 Å². The number of carbonyl (C=O) groups is 1. The summed E-state index contributed by atoms with van der Waals surface area (Å²) in [4.78, 5) is 14.5. The third kappa shape index (κ3) is 4.73. The monoisotopic (exact) mass is 442 g/mol. The second-order valence-corrected chi connectivity index (χ2v) is 6.66. The van der Waals surface area contributed by atoms with E-state index in [9.17, 15) is 23.1 Å². The number of aromatic carboxylic acids is 1. The summed E-state index contributed by atoms with van der Waals surface area (Å²) in [6, 6.07) is 9.03. The third-order valence-corrected chi connectivity index (χ3v) is 4.39. The van der Waals surface area contributed by atoms with Crippen LogP contribution in [-0.2, 0) is 6.42 Å². The van der Waals surface area contributed by atoms with E-state index in [1.165, 1.54) is 6.07 Å². The number of carboxylic acids is 1. The molecule has 5 nitrogen and oxygen atoms in total. The number of benzene rings is 2. The van der Waals surface area contributed by atoms with Gasteiger partial charge in [0.25, 0.3) is 0 Å². The molecule has 142 valence electrons. The molecular weight excluding hydrogens is 429 g/mol. The van der Waals surface area contributed by atoms with Crippen molar-refractivity contribution in [3.63, 3.8) is 0 Å². The Hall–Kier alpha value is -2.68. The van der Waals surface area contributed by atoms with Gasteiger partial charge < -0.3 is 20.1 Å². The molecule has 3 N–H and O–H groups in total. The van der Waals surface area contributed by atoms with Crippen LogP contribution in [0, 0.1) is 0 Å². The largest absolute Gasteiger partial charge is 0.573 e. The van der Waals surface area contributed by atoms with Gasteiger partial charge in [-0.05, 0) is 42.3 Å². The van der Waals surface area contributed by atoms with Crippen molar-refractivity contribution in [1.29, 1.82) is 0 Å². The van der Waals surface area contributed by atoms with Crippen LogP contribution in [0.4, 0.5) is 18.9 Å². The maximum absolute atomic E-state index is 12.3. The van der Waals surface area contributed by atoms with Crippen LogP contribution < -0.4 is 10.1 Å². The minimum atomic E-state index is -4.88. The summed E-state index contributed by atoms with van der Waals surface area (Å²) in [6.45, 7) is 0.406. The summed E-state index contributed by atoms with van der Waals surface area (Å²) in [5, 5.41) is 13.3. The van der Waals surface area contributed by atoms with E-state index in [0.29, 0.717) is 13.0 Å². The Balaban J connectivity index is 1.72. The Labute approximate surface area is 160 Å². The van der Waals surface area contributed by atoms with E-state index < -0.39 is 18.1 Å². The lowest BCUT2D eigenvalue weighted by atomic mass is 10.1. The second kappa shape index (κ2) is 7.51. The Bertz CT molecular complexity index is 986. The molecule has 27 heavy (non-hydrogen) atoms. The lowest BCUT2D eigenvalue weighted by Gasteiger charge is -2.13. The predicted octanol–water partition coefficient (Wildman–Crippen LogP) is 5.18. The highest BCUT2D eigenvalue weighted by atomic mass is 79.9. The highest BCUT2D eigenvalue weighted by Crippen LogP contribution is 2.28. The van der Waals surface area contributed by atoms with Crippen molar-refractivity contribution in [2.24, 2.45) is 0 Å². The number of nitrogens with one attached hydrogen (secondary N) is 2. The maximum atomic E-state index is 12.3. The normalized spacial score (nSPS) is 11.6. The first-order chi connectivity index (χ1) is 12.7. The van der Waals surface area contributed by atoms with Crippen molar-refractivity contribution < 1.29 is 27.8 Å². The number of ether oxygens (including phenoxy) is 1. The standard InChI is InChI=1S/C18H14BrF3N2O3/c19-11-1-3-13-10(9-24-16(13)7-11)5-6-23-15-4-2-12(27-18(20,21)22)8-14(15)17(25)26/h1-4,7-9,23-24H,5-6H2,(H,25,26). The lowest BCUT2D eigenvalue weighted by Crippen LogP contribution is -2.18. The van der Waals surface area contributed by atoms with Crippen molar-refractivity contribution in [2.75, 3.05) is 11.9 Å². The van der Waals surface area contributed by atoms with E-state index in [1.54, 1.807) is 0 Å². The molecule has 0 saturated heterocycles. The first kappa shape index (κ1) is 19.1.